The molecule has 134 valence electrons. The van der Waals surface area contributed by atoms with E-state index in [1.807, 2.05) is 24.3 Å². The molecule has 2 N–H and O–H groups in total. The highest BCUT2D eigenvalue weighted by atomic mass is 32.1. The zero-order chi connectivity index (χ0) is 18.2. The fourth-order valence-corrected chi connectivity index (χ4v) is 2.93. The number of anilines is 1. The molecule has 2 rings (SSSR count). The van der Waals surface area contributed by atoms with Crippen molar-refractivity contribution >= 4 is 23.0 Å². The maximum absolute atomic E-state index is 5.51. The number of methoxy groups -OCH3 is 2. The number of nitrogens with one attached hydrogen (secondary N) is 2. The van der Waals surface area contributed by atoms with Gasteiger partial charge in [0.15, 0.2) is 16.6 Å². The molecule has 1 unspecified atom stereocenters. The van der Waals surface area contributed by atoms with Gasteiger partial charge in [-0.3, -0.25) is 0 Å². The van der Waals surface area contributed by atoms with Crippen molar-refractivity contribution < 1.29 is 9.47 Å². The van der Waals surface area contributed by atoms with Gasteiger partial charge in [-0.05, 0) is 42.3 Å². The summed E-state index contributed by atoms with van der Waals surface area (Å²) in [6, 6.07) is 16.2. The molecule has 4 nitrogen and oxygen atoms in total. The number of hydrogen-bond donors (Lipinski definition) is 2. The van der Waals surface area contributed by atoms with Crippen LogP contribution in [-0.2, 0) is 0 Å². The summed E-state index contributed by atoms with van der Waals surface area (Å²) in [5.41, 5.74) is 2.08. The molecule has 0 saturated carbocycles. The quantitative estimate of drug-likeness (QED) is 0.698. The Morgan fingerprint density at radius 2 is 1.68 bits per heavy atom. The van der Waals surface area contributed by atoms with Crippen LogP contribution in [0.5, 0.6) is 11.5 Å². The number of hydrogen-bond acceptors (Lipinski definition) is 3. The van der Waals surface area contributed by atoms with Crippen molar-refractivity contribution in [3.8, 4) is 11.5 Å². The Hall–Kier alpha value is -2.27. The minimum Gasteiger partial charge on any atom is -0.493 e. The zero-order valence-corrected chi connectivity index (χ0v) is 16.0. The number of benzene rings is 2. The van der Waals surface area contributed by atoms with E-state index < -0.39 is 0 Å². The third kappa shape index (κ3) is 5.64. The average molecular weight is 359 g/mol. The molecule has 2 aromatic rings. The molecule has 0 amide bonds. The third-order valence-electron chi connectivity index (χ3n) is 3.86. The lowest BCUT2D eigenvalue weighted by Crippen LogP contribution is -2.33. The maximum atomic E-state index is 5.51. The Balaban J connectivity index is 2.08. The topological polar surface area (TPSA) is 42.5 Å². The van der Waals surface area contributed by atoms with E-state index in [0.717, 1.165) is 12.1 Å². The van der Waals surface area contributed by atoms with Gasteiger partial charge >= 0.3 is 0 Å². The second-order valence-corrected chi connectivity index (χ2v) is 6.67. The molecule has 0 saturated heterocycles. The summed E-state index contributed by atoms with van der Waals surface area (Å²) < 4.78 is 10.6. The van der Waals surface area contributed by atoms with Crippen LogP contribution in [0, 0.1) is 5.92 Å². The van der Waals surface area contributed by atoms with E-state index in [0.29, 0.717) is 22.5 Å². The minimum atomic E-state index is 0.168. The van der Waals surface area contributed by atoms with Crippen molar-refractivity contribution in [3.05, 3.63) is 54.1 Å². The summed E-state index contributed by atoms with van der Waals surface area (Å²) >= 11 is 5.51. The first-order valence-corrected chi connectivity index (χ1v) is 8.78. The molecule has 0 bridgehead atoms. The normalized spacial score (nSPS) is 11.7. The van der Waals surface area contributed by atoms with Gasteiger partial charge in [0.2, 0.25) is 0 Å². The van der Waals surface area contributed by atoms with Crippen molar-refractivity contribution in [2.75, 3.05) is 19.5 Å². The molecule has 0 aliphatic rings. The van der Waals surface area contributed by atoms with Crippen LogP contribution in [0.1, 0.15) is 31.9 Å². The Labute approximate surface area is 155 Å². The molecule has 0 aliphatic carbocycles. The molecule has 0 radical (unpaired) electrons. The van der Waals surface area contributed by atoms with Gasteiger partial charge in [-0.25, -0.2) is 0 Å². The first kappa shape index (κ1) is 19.1. The van der Waals surface area contributed by atoms with Gasteiger partial charge in [0.1, 0.15) is 0 Å². The number of ether oxygens (including phenoxy) is 2. The van der Waals surface area contributed by atoms with Crippen LogP contribution in [0.15, 0.2) is 48.5 Å². The van der Waals surface area contributed by atoms with E-state index in [1.165, 1.54) is 5.56 Å². The van der Waals surface area contributed by atoms with Crippen LogP contribution >= 0.6 is 12.2 Å². The molecule has 0 fully saturated rings. The molecule has 0 spiro atoms. The van der Waals surface area contributed by atoms with Gasteiger partial charge in [-0.2, -0.15) is 0 Å². The first-order chi connectivity index (χ1) is 12.0. The summed E-state index contributed by atoms with van der Waals surface area (Å²) in [7, 11) is 3.24. The van der Waals surface area contributed by atoms with E-state index in [4.69, 9.17) is 21.7 Å². The Bertz CT molecular complexity index is 689. The second kappa shape index (κ2) is 9.28. The van der Waals surface area contributed by atoms with Gasteiger partial charge in [0.05, 0.1) is 20.3 Å². The smallest absolute Gasteiger partial charge is 0.171 e. The lowest BCUT2D eigenvalue weighted by molar-refractivity contribution is 0.355. The highest BCUT2D eigenvalue weighted by molar-refractivity contribution is 7.80. The van der Waals surface area contributed by atoms with Gasteiger partial charge in [-0.15, -0.1) is 0 Å². The van der Waals surface area contributed by atoms with Gasteiger partial charge in [0, 0.05) is 11.8 Å². The van der Waals surface area contributed by atoms with Gasteiger partial charge in [-0.1, -0.05) is 44.2 Å². The summed E-state index contributed by atoms with van der Waals surface area (Å²) in [5.74, 6) is 1.91. The molecule has 5 heteroatoms. The van der Waals surface area contributed by atoms with Crippen molar-refractivity contribution in [2.45, 2.75) is 26.3 Å². The van der Waals surface area contributed by atoms with E-state index >= 15 is 0 Å². The van der Waals surface area contributed by atoms with Crippen LogP contribution < -0.4 is 20.1 Å². The van der Waals surface area contributed by atoms with Crippen LogP contribution in [0.4, 0.5) is 5.69 Å². The molecule has 1 atom stereocenters. The van der Waals surface area contributed by atoms with E-state index in [2.05, 4.69) is 48.7 Å². The Morgan fingerprint density at radius 3 is 2.28 bits per heavy atom. The standard InChI is InChI=1S/C20H26N2O2S/c1-14(2)12-17(15-8-6-5-7-9-15)22-20(25)21-16-10-11-18(23-3)19(13-16)24-4/h5-11,13-14,17H,12H2,1-4H3,(H2,21,22,25). The summed E-state index contributed by atoms with van der Waals surface area (Å²) in [5, 5.41) is 7.24. The van der Waals surface area contributed by atoms with E-state index in [-0.39, 0.29) is 6.04 Å². The van der Waals surface area contributed by atoms with Crippen LogP contribution in [0.3, 0.4) is 0 Å². The molecular weight excluding hydrogens is 332 g/mol. The van der Waals surface area contributed by atoms with Gasteiger partial charge < -0.3 is 20.1 Å². The van der Waals surface area contributed by atoms with Crippen LogP contribution in [-0.4, -0.2) is 19.3 Å². The maximum Gasteiger partial charge on any atom is 0.171 e. The summed E-state index contributed by atoms with van der Waals surface area (Å²) in [6.45, 7) is 4.42. The Morgan fingerprint density at radius 1 is 1.00 bits per heavy atom. The van der Waals surface area contributed by atoms with Crippen molar-refractivity contribution in [3.63, 3.8) is 0 Å². The lowest BCUT2D eigenvalue weighted by atomic mass is 9.97. The lowest BCUT2D eigenvalue weighted by Gasteiger charge is -2.23. The van der Waals surface area contributed by atoms with Crippen LogP contribution in [0.2, 0.25) is 0 Å². The highest BCUT2D eigenvalue weighted by Gasteiger charge is 2.15. The second-order valence-electron chi connectivity index (χ2n) is 6.26. The predicted molar refractivity (Wildman–Crippen MR) is 108 cm³/mol. The predicted octanol–water partition coefficient (Wildman–Crippen LogP) is 4.78. The van der Waals surface area contributed by atoms with E-state index in [9.17, 15) is 0 Å². The molecule has 0 aliphatic heterocycles. The monoisotopic (exact) mass is 358 g/mol. The largest absolute Gasteiger partial charge is 0.493 e. The summed E-state index contributed by atoms with van der Waals surface area (Å²) in [4.78, 5) is 0. The number of thiocarbonyl (C=S) groups is 1. The van der Waals surface area contributed by atoms with Crippen molar-refractivity contribution in [2.24, 2.45) is 5.92 Å². The average Bonchev–Trinajstić information content (AvgIpc) is 2.61. The molecule has 0 heterocycles. The SMILES string of the molecule is COc1ccc(NC(=S)NC(CC(C)C)c2ccccc2)cc1OC. The highest BCUT2D eigenvalue weighted by Crippen LogP contribution is 2.30. The third-order valence-corrected chi connectivity index (χ3v) is 4.08. The van der Waals surface area contributed by atoms with Gasteiger partial charge in [0.25, 0.3) is 0 Å². The fraction of sp³-hybridized carbons (Fsp3) is 0.350. The number of rotatable bonds is 7. The molecule has 0 aromatic heterocycles. The molecule has 25 heavy (non-hydrogen) atoms. The minimum absolute atomic E-state index is 0.168. The van der Waals surface area contributed by atoms with Crippen LogP contribution in [0.25, 0.3) is 0 Å². The first-order valence-electron chi connectivity index (χ1n) is 8.38. The molecule has 2 aromatic carbocycles. The molecular formula is C20H26N2O2S. The zero-order valence-electron chi connectivity index (χ0n) is 15.2. The fourth-order valence-electron chi connectivity index (χ4n) is 2.67. The van der Waals surface area contributed by atoms with E-state index in [1.54, 1.807) is 14.2 Å². The van der Waals surface area contributed by atoms with Crippen molar-refractivity contribution in [1.29, 1.82) is 0 Å². The Kier molecular flexibility index (Phi) is 7.07. The summed E-state index contributed by atoms with van der Waals surface area (Å²) in [6.07, 6.45) is 0.998. The van der Waals surface area contributed by atoms with Crippen molar-refractivity contribution in [1.82, 2.24) is 5.32 Å².